The number of halogens is 3. The minimum Gasteiger partial charge on any atom is -0.497 e. The molecule has 0 N–H and O–H groups in total. The van der Waals surface area contributed by atoms with E-state index in [1.54, 1.807) is 12.1 Å². The number of ether oxygens (including phenoxy) is 1. The number of hydrogen-bond acceptors (Lipinski definition) is 6. The van der Waals surface area contributed by atoms with Crippen molar-refractivity contribution in [3.63, 3.8) is 0 Å². The molecule has 1 atom stereocenters. The molecule has 32 heavy (non-hydrogen) atoms. The van der Waals surface area contributed by atoms with Crippen molar-refractivity contribution in [2.75, 3.05) is 20.2 Å². The maximum absolute atomic E-state index is 13.1. The number of benzene rings is 2. The van der Waals surface area contributed by atoms with Gasteiger partial charge < -0.3 is 9.15 Å². The summed E-state index contributed by atoms with van der Waals surface area (Å²) in [6, 6.07) is 10.7. The summed E-state index contributed by atoms with van der Waals surface area (Å²) in [6.45, 7) is 0.518. The van der Waals surface area contributed by atoms with E-state index >= 15 is 0 Å². The molecule has 1 aliphatic heterocycles. The first-order valence-corrected chi connectivity index (χ1v) is 11.3. The Balaban J connectivity index is 1.52. The molecule has 1 aliphatic rings. The molecule has 7 nitrogen and oxygen atoms in total. The third-order valence-electron chi connectivity index (χ3n) is 5.31. The fraction of sp³-hybridized carbons (Fsp3) is 0.333. The molecule has 1 unspecified atom stereocenters. The fourth-order valence-electron chi connectivity index (χ4n) is 3.59. The third kappa shape index (κ3) is 4.49. The second-order valence-electron chi connectivity index (χ2n) is 7.40. The van der Waals surface area contributed by atoms with Gasteiger partial charge in [-0.25, -0.2) is 8.42 Å². The predicted molar refractivity (Wildman–Crippen MR) is 108 cm³/mol. The second-order valence-corrected chi connectivity index (χ2v) is 9.34. The predicted octanol–water partition coefficient (Wildman–Crippen LogP) is 4.33. The minimum atomic E-state index is -4.43. The van der Waals surface area contributed by atoms with Crippen LogP contribution >= 0.6 is 0 Å². The van der Waals surface area contributed by atoms with Gasteiger partial charge in [-0.15, -0.1) is 10.2 Å². The molecule has 3 aromatic rings. The van der Waals surface area contributed by atoms with Crippen molar-refractivity contribution < 1.29 is 30.7 Å². The lowest BCUT2D eigenvalue weighted by Gasteiger charge is -2.30. The lowest BCUT2D eigenvalue weighted by molar-refractivity contribution is -0.137. The number of aromatic nitrogens is 2. The number of sulfonamides is 1. The van der Waals surface area contributed by atoms with Crippen LogP contribution in [0, 0.1) is 0 Å². The Morgan fingerprint density at radius 2 is 1.88 bits per heavy atom. The first-order valence-electron chi connectivity index (χ1n) is 9.84. The second kappa shape index (κ2) is 8.55. The van der Waals surface area contributed by atoms with Crippen molar-refractivity contribution in [3.05, 3.63) is 60.0 Å². The van der Waals surface area contributed by atoms with Gasteiger partial charge in [0.25, 0.3) is 0 Å². The molecular formula is C21H20F3N3O4S. The average Bonchev–Trinajstić information content (AvgIpc) is 3.29. The van der Waals surface area contributed by atoms with E-state index in [1.165, 1.54) is 35.7 Å². The van der Waals surface area contributed by atoms with Crippen LogP contribution in [-0.4, -0.2) is 43.1 Å². The molecule has 0 radical (unpaired) electrons. The summed E-state index contributed by atoms with van der Waals surface area (Å²) in [7, 11) is -2.28. The molecule has 1 saturated heterocycles. The summed E-state index contributed by atoms with van der Waals surface area (Å²) in [5, 5.41) is 7.96. The van der Waals surface area contributed by atoms with Crippen LogP contribution in [0.2, 0.25) is 0 Å². The number of hydrogen-bond donors (Lipinski definition) is 0. The minimum absolute atomic E-state index is 0.0847. The Labute approximate surface area is 182 Å². The molecule has 4 rings (SSSR count). The van der Waals surface area contributed by atoms with E-state index < -0.39 is 21.8 Å². The largest absolute Gasteiger partial charge is 0.497 e. The Hall–Kier alpha value is -2.92. The van der Waals surface area contributed by atoms with E-state index in [-0.39, 0.29) is 29.1 Å². The monoisotopic (exact) mass is 467 g/mol. The highest BCUT2D eigenvalue weighted by Gasteiger charge is 2.34. The zero-order chi connectivity index (χ0) is 22.9. The quantitative estimate of drug-likeness (QED) is 0.555. The van der Waals surface area contributed by atoms with Gasteiger partial charge in [-0.2, -0.15) is 17.5 Å². The van der Waals surface area contributed by atoms with Crippen LogP contribution in [0.15, 0.2) is 57.8 Å². The lowest BCUT2D eigenvalue weighted by Crippen LogP contribution is -2.39. The van der Waals surface area contributed by atoms with Crippen LogP contribution in [0.5, 0.6) is 5.75 Å². The molecule has 2 heterocycles. The van der Waals surface area contributed by atoms with E-state index in [4.69, 9.17) is 9.15 Å². The highest BCUT2D eigenvalue weighted by Crippen LogP contribution is 2.33. The maximum atomic E-state index is 13.1. The normalized spacial score (nSPS) is 17.9. The van der Waals surface area contributed by atoms with Crippen LogP contribution in [0.4, 0.5) is 13.2 Å². The lowest BCUT2D eigenvalue weighted by atomic mass is 10.00. The molecule has 11 heteroatoms. The molecule has 0 bridgehead atoms. The summed E-state index contributed by atoms with van der Waals surface area (Å²) in [6.07, 6.45) is -3.18. The van der Waals surface area contributed by atoms with Gasteiger partial charge in [0.2, 0.25) is 21.8 Å². The highest BCUT2D eigenvalue weighted by molar-refractivity contribution is 7.89. The summed E-state index contributed by atoms with van der Waals surface area (Å²) in [5.41, 5.74) is -0.417. The Kier molecular flexibility index (Phi) is 5.95. The first-order chi connectivity index (χ1) is 15.2. The number of piperidine rings is 1. The highest BCUT2D eigenvalue weighted by atomic mass is 32.2. The van der Waals surface area contributed by atoms with Gasteiger partial charge >= 0.3 is 6.18 Å². The Morgan fingerprint density at radius 1 is 1.12 bits per heavy atom. The van der Waals surface area contributed by atoms with Crippen LogP contribution in [0.25, 0.3) is 11.5 Å². The van der Waals surface area contributed by atoms with Crippen molar-refractivity contribution >= 4 is 10.0 Å². The van der Waals surface area contributed by atoms with Crippen molar-refractivity contribution in [2.24, 2.45) is 0 Å². The summed E-state index contributed by atoms with van der Waals surface area (Å²) in [5.74, 6) is 0.462. The Morgan fingerprint density at radius 3 is 2.56 bits per heavy atom. The van der Waals surface area contributed by atoms with Gasteiger partial charge in [-0.3, -0.25) is 0 Å². The average molecular weight is 467 g/mol. The third-order valence-corrected chi connectivity index (χ3v) is 7.17. The van der Waals surface area contributed by atoms with E-state index in [0.717, 1.165) is 12.1 Å². The molecular weight excluding hydrogens is 447 g/mol. The topological polar surface area (TPSA) is 85.5 Å². The first kappa shape index (κ1) is 22.3. The van der Waals surface area contributed by atoms with Crippen molar-refractivity contribution in [1.29, 1.82) is 0 Å². The molecule has 0 spiro atoms. The van der Waals surface area contributed by atoms with Gasteiger partial charge in [0.1, 0.15) is 5.75 Å². The smallest absolute Gasteiger partial charge is 0.416 e. The summed E-state index contributed by atoms with van der Waals surface area (Å²) >= 11 is 0. The number of rotatable bonds is 5. The van der Waals surface area contributed by atoms with Gasteiger partial charge in [0.05, 0.1) is 23.5 Å². The van der Waals surface area contributed by atoms with Gasteiger partial charge in [-0.05, 0) is 49.2 Å². The number of alkyl halides is 3. The zero-order valence-electron chi connectivity index (χ0n) is 17.0. The number of nitrogens with zero attached hydrogens (tertiary/aromatic N) is 3. The SMILES string of the molecule is COc1cccc(S(=O)(=O)N2CCCC(c3nnc(-c4ccc(C(F)(F)F)cc4)o3)C2)c1. The van der Waals surface area contributed by atoms with Crippen molar-refractivity contribution in [1.82, 2.24) is 14.5 Å². The van der Waals surface area contributed by atoms with E-state index in [1.807, 2.05) is 0 Å². The maximum Gasteiger partial charge on any atom is 0.416 e. The summed E-state index contributed by atoms with van der Waals surface area (Å²) in [4.78, 5) is 0.133. The number of methoxy groups -OCH3 is 1. The molecule has 0 aliphatic carbocycles. The molecule has 2 aromatic carbocycles. The molecule has 1 aromatic heterocycles. The van der Waals surface area contributed by atoms with Crippen molar-refractivity contribution in [3.8, 4) is 17.2 Å². The van der Waals surface area contributed by atoms with E-state index in [2.05, 4.69) is 10.2 Å². The van der Waals surface area contributed by atoms with Crippen LogP contribution in [0.3, 0.4) is 0 Å². The molecule has 1 fully saturated rings. The van der Waals surface area contributed by atoms with Crippen LogP contribution in [0.1, 0.15) is 30.2 Å². The summed E-state index contributed by atoms with van der Waals surface area (Å²) < 4.78 is 76.6. The fourth-order valence-corrected chi connectivity index (χ4v) is 5.15. The molecule has 0 amide bonds. The van der Waals surface area contributed by atoms with Crippen molar-refractivity contribution in [2.45, 2.75) is 29.8 Å². The zero-order valence-corrected chi connectivity index (χ0v) is 17.9. The Bertz CT molecular complexity index is 1190. The van der Waals surface area contributed by atoms with Gasteiger partial charge in [0.15, 0.2) is 0 Å². The van der Waals surface area contributed by atoms with Crippen LogP contribution < -0.4 is 4.74 Å². The van der Waals surface area contributed by atoms with E-state index in [9.17, 15) is 21.6 Å². The van der Waals surface area contributed by atoms with Gasteiger partial charge in [0, 0.05) is 24.7 Å². The van der Waals surface area contributed by atoms with E-state index in [0.29, 0.717) is 30.7 Å². The molecule has 170 valence electrons. The van der Waals surface area contributed by atoms with Crippen LogP contribution in [-0.2, 0) is 16.2 Å². The molecule has 0 saturated carbocycles. The van der Waals surface area contributed by atoms with Gasteiger partial charge in [-0.1, -0.05) is 6.07 Å². The standard InChI is InChI=1S/C21H20F3N3O4S/c1-30-17-5-2-6-18(12-17)32(28,29)27-11-3-4-15(13-27)20-26-25-19(31-20)14-7-9-16(10-8-14)21(22,23)24/h2,5-10,12,15H,3-4,11,13H2,1H3.